The zero-order valence-electron chi connectivity index (χ0n) is 8.89. The molecule has 2 N–H and O–H groups in total. The first-order valence-electron chi connectivity index (χ1n) is 5.29. The molecule has 2 rings (SSSR count). The van der Waals surface area contributed by atoms with Crippen molar-refractivity contribution in [1.82, 2.24) is 5.32 Å². The Morgan fingerprint density at radius 3 is 2.73 bits per heavy atom. The average Bonchev–Trinajstić information content (AvgIpc) is 2.62. The molecule has 82 valence electrons. The summed E-state index contributed by atoms with van der Waals surface area (Å²) < 4.78 is 5.18. The summed E-state index contributed by atoms with van der Waals surface area (Å²) in [5.74, 6) is 0. The van der Waals surface area contributed by atoms with E-state index in [-0.39, 0.29) is 12.1 Å². The Morgan fingerprint density at radius 1 is 1.40 bits per heavy atom. The molecule has 15 heavy (non-hydrogen) atoms. The van der Waals surface area contributed by atoms with Crippen molar-refractivity contribution in [3.8, 4) is 0 Å². The fraction of sp³-hybridized carbons (Fsp3) is 0.500. The third-order valence-corrected chi connectivity index (χ3v) is 2.98. The molecular formula is C12H17NO2. The molecule has 0 amide bonds. The molecule has 3 nitrogen and oxygen atoms in total. The molecule has 1 heterocycles. The lowest BCUT2D eigenvalue weighted by Crippen LogP contribution is -2.35. The minimum absolute atomic E-state index is 0.0706. The number of methoxy groups -OCH3 is 1. The second-order valence-corrected chi connectivity index (χ2v) is 3.97. The molecular weight excluding hydrogens is 190 g/mol. The van der Waals surface area contributed by atoms with Crippen molar-refractivity contribution in [2.45, 2.75) is 24.7 Å². The van der Waals surface area contributed by atoms with Crippen LogP contribution in [0.1, 0.15) is 5.56 Å². The molecule has 0 spiro atoms. The van der Waals surface area contributed by atoms with Crippen molar-refractivity contribution in [3.05, 3.63) is 35.9 Å². The summed E-state index contributed by atoms with van der Waals surface area (Å²) in [4.78, 5) is 0. The molecule has 0 aromatic heterocycles. The maximum atomic E-state index is 9.92. The number of aliphatic hydroxyl groups is 1. The number of ether oxygens (including phenoxy) is 1. The summed E-state index contributed by atoms with van der Waals surface area (Å²) >= 11 is 0. The minimum atomic E-state index is -0.407. The highest BCUT2D eigenvalue weighted by molar-refractivity contribution is 5.17. The Labute approximate surface area is 90.1 Å². The van der Waals surface area contributed by atoms with Crippen LogP contribution in [0.2, 0.25) is 0 Å². The zero-order chi connectivity index (χ0) is 10.7. The second kappa shape index (κ2) is 4.75. The van der Waals surface area contributed by atoms with Gasteiger partial charge >= 0.3 is 0 Å². The van der Waals surface area contributed by atoms with Crippen LogP contribution in [0, 0.1) is 0 Å². The average molecular weight is 207 g/mol. The maximum absolute atomic E-state index is 9.92. The number of hydrogen-bond acceptors (Lipinski definition) is 3. The first kappa shape index (κ1) is 10.6. The van der Waals surface area contributed by atoms with Crippen molar-refractivity contribution in [3.63, 3.8) is 0 Å². The fourth-order valence-electron chi connectivity index (χ4n) is 2.05. The van der Waals surface area contributed by atoms with Crippen LogP contribution in [0.4, 0.5) is 0 Å². The highest BCUT2D eigenvalue weighted by Gasteiger charge is 2.34. The summed E-state index contributed by atoms with van der Waals surface area (Å²) in [5, 5.41) is 13.2. The van der Waals surface area contributed by atoms with Crippen LogP contribution in [-0.4, -0.2) is 37.0 Å². The fourth-order valence-corrected chi connectivity index (χ4v) is 2.05. The van der Waals surface area contributed by atoms with Gasteiger partial charge in [-0.15, -0.1) is 0 Å². The molecule has 3 unspecified atom stereocenters. The van der Waals surface area contributed by atoms with Crippen LogP contribution in [0.25, 0.3) is 0 Å². The number of aliphatic hydroxyl groups excluding tert-OH is 1. The maximum Gasteiger partial charge on any atom is 0.0969 e. The third-order valence-electron chi connectivity index (χ3n) is 2.98. The van der Waals surface area contributed by atoms with Gasteiger partial charge in [-0.2, -0.15) is 0 Å². The summed E-state index contributed by atoms with van der Waals surface area (Å²) in [6.45, 7) is 0.731. The molecule has 1 aromatic rings. The Bertz CT molecular complexity index is 302. The Balaban J connectivity index is 1.96. The Kier molecular flexibility index (Phi) is 3.36. The normalized spacial score (nSPS) is 30.7. The topological polar surface area (TPSA) is 41.5 Å². The van der Waals surface area contributed by atoms with E-state index in [1.807, 2.05) is 18.2 Å². The van der Waals surface area contributed by atoms with E-state index in [1.165, 1.54) is 5.56 Å². The molecule has 1 aromatic carbocycles. The molecule has 1 aliphatic rings. The van der Waals surface area contributed by atoms with E-state index >= 15 is 0 Å². The molecule has 1 saturated heterocycles. The molecule has 0 aliphatic carbocycles. The van der Waals surface area contributed by atoms with Gasteiger partial charge < -0.3 is 15.2 Å². The van der Waals surface area contributed by atoms with E-state index in [4.69, 9.17) is 4.74 Å². The van der Waals surface area contributed by atoms with Crippen molar-refractivity contribution in [2.75, 3.05) is 13.7 Å². The van der Waals surface area contributed by atoms with E-state index < -0.39 is 6.10 Å². The lowest BCUT2D eigenvalue weighted by molar-refractivity contribution is 0.00951. The number of hydrogen-bond donors (Lipinski definition) is 2. The molecule has 1 aliphatic heterocycles. The second-order valence-electron chi connectivity index (χ2n) is 3.97. The van der Waals surface area contributed by atoms with Gasteiger partial charge in [0.05, 0.1) is 12.2 Å². The van der Waals surface area contributed by atoms with Gasteiger partial charge in [0, 0.05) is 19.7 Å². The summed E-state index contributed by atoms with van der Waals surface area (Å²) in [6.07, 6.45) is 0.371. The number of benzene rings is 1. The van der Waals surface area contributed by atoms with Gasteiger partial charge in [0.2, 0.25) is 0 Å². The lowest BCUT2D eigenvalue weighted by Gasteiger charge is -2.17. The van der Waals surface area contributed by atoms with Crippen molar-refractivity contribution in [2.24, 2.45) is 0 Å². The van der Waals surface area contributed by atoms with Crippen LogP contribution >= 0.6 is 0 Å². The van der Waals surface area contributed by atoms with Crippen LogP contribution in [0.5, 0.6) is 0 Å². The SMILES string of the molecule is COC1CNC(Cc2ccccc2)C1O. The number of nitrogens with one attached hydrogen (secondary N) is 1. The van der Waals surface area contributed by atoms with Crippen molar-refractivity contribution < 1.29 is 9.84 Å². The number of rotatable bonds is 3. The zero-order valence-corrected chi connectivity index (χ0v) is 8.89. The summed E-state index contributed by atoms with van der Waals surface area (Å²) in [5.41, 5.74) is 1.24. The molecule has 0 bridgehead atoms. The minimum Gasteiger partial charge on any atom is -0.389 e. The smallest absolute Gasteiger partial charge is 0.0969 e. The van der Waals surface area contributed by atoms with E-state index in [0.717, 1.165) is 13.0 Å². The largest absolute Gasteiger partial charge is 0.389 e. The molecule has 3 atom stereocenters. The summed E-state index contributed by atoms with van der Waals surface area (Å²) in [7, 11) is 1.64. The van der Waals surface area contributed by atoms with Crippen LogP contribution in [0.3, 0.4) is 0 Å². The van der Waals surface area contributed by atoms with Gasteiger partial charge in [0.1, 0.15) is 0 Å². The van der Waals surface area contributed by atoms with Gasteiger partial charge in [-0.25, -0.2) is 0 Å². The van der Waals surface area contributed by atoms with Crippen LogP contribution < -0.4 is 5.32 Å². The first-order valence-corrected chi connectivity index (χ1v) is 5.29. The predicted octanol–water partition coefficient (Wildman–Crippen LogP) is 0.577. The molecule has 1 fully saturated rings. The van der Waals surface area contributed by atoms with Gasteiger partial charge in [0.25, 0.3) is 0 Å². The quantitative estimate of drug-likeness (QED) is 0.761. The van der Waals surface area contributed by atoms with E-state index in [9.17, 15) is 5.11 Å². The first-order chi connectivity index (χ1) is 7.31. The molecule has 3 heteroatoms. The molecule has 0 saturated carbocycles. The Morgan fingerprint density at radius 2 is 2.13 bits per heavy atom. The van der Waals surface area contributed by atoms with Gasteiger partial charge in [-0.3, -0.25) is 0 Å². The lowest BCUT2D eigenvalue weighted by atomic mass is 10.0. The standard InChI is InChI=1S/C12H17NO2/c1-15-11-8-13-10(12(11)14)7-9-5-3-2-4-6-9/h2-6,10-14H,7-8H2,1H3. The summed E-state index contributed by atoms with van der Waals surface area (Å²) in [6, 6.07) is 10.3. The highest BCUT2D eigenvalue weighted by atomic mass is 16.5. The van der Waals surface area contributed by atoms with Gasteiger partial charge in [-0.1, -0.05) is 30.3 Å². The monoisotopic (exact) mass is 207 g/mol. The Hall–Kier alpha value is -0.900. The van der Waals surface area contributed by atoms with E-state index in [0.29, 0.717) is 0 Å². The highest BCUT2D eigenvalue weighted by Crippen LogP contribution is 2.15. The molecule has 0 radical (unpaired) electrons. The van der Waals surface area contributed by atoms with E-state index in [2.05, 4.69) is 17.4 Å². The van der Waals surface area contributed by atoms with Crippen LogP contribution in [0.15, 0.2) is 30.3 Å². The van der Waals surface area contributed by atoms with E-state index in [1.54, 1.807) is 7.11 Å². The van der Waals surface area contributed by atoms with Crippen molar-refractivity contribution in [1.29, 1.82) is 0 Å². The van der Waals surface area contributed by atoms with Gasteiger partial charge in [-0.05, 0) is 12.0 Å². The van der Waals surface area contributed by atoms with Gasteiger partial charge in [0.15, 0.2) is 0 Å². The third kappa shape index (κ3) is 2.37. The van der Waals surface area contributed by atoms with Crippen LogP contribution in [-0.2, 0) is 11.2 Å². The predicted molar refractivity (Wildman–Crippen MR) is 58.7 cm³/mol. The van der Waals surface area contributed by atoms with Crippen molar-refractivity contribution >= 4 is 0 Å².